The van der Waals surface area contributed by atoms with Gasteiger partial charge < -0.3 is 0 Å². The molecule has 0 radical (unpaired) electrons. The second kappa shape index (κ2) is 6.88. The lowest BCUT2D eigenvalue weighted by Crippen LogP contribution is -2.09. The van der Waals surface area contributed by atoms with Crippen molar-refractivity contribution in [2.24, 2.45) is 5.10 Å². The largest absolute Gasteiger partial charge is 0.259 e. The molecule has 4 aromatic rings. The zero-order chi connectivity index (χ0) is 16.9. The molecule has 0 unspecified atom stereocenters. The van der Waals surface area contributed by atoms with Crippen LogP contribution in [-0.2, 0) is 0 Å². The van der Waals surface area contributed by atoms with Crippen LogP contribution in [0, 0.1) is 0 Å². The minimum absolute atomic E-state index is 0.586. The van der Waals surface area contributed by atoms with Crippen molar-refractivity contribution < 1.29 is 0 Å². The van der Waals surface area contributed by atoms with Crippen molar-refractivity contribution in [1.29, 1.82) is 0 Å². The van der Waals surface area contributed by atoms with Crippen LogP contribution in [0.1, 0.15) is 11.3 Å². The summed E-state index contributed by atoms with van der Waals surface area (Å²) in [6, 6.07) is 23.4. The van der Waals surface area contributed by atoms with Crippen molar-refractivity contribution in [3.8, 4) is 0 Å². The van der Waals surface area contributed by atoms with Crippen LogP contribution in [0.25, 0.3) is 11.0 Å². The molecule has 0 aliphatic rings. The third kappa shape index (κ3) is 3.35. The summed E-state index contributed by atoms with van der Waals surface area (Å²) in [5, 5.41) is 4.54. The minimum atomic E-state index is 0.586. The van der Waals surface area contributed by atoms with Gasteiger partial charge in [-0.2, -0.15) is 5.10 Å². The van der Waals surface area contributed by atoms with Crippen LogP contribution in [-0.4, -0.2) is 20.7 Å². The molecule has 0 saturated heterocycles. The van der Waals surface area contributed by atoms with Gasteiger partial charge >= 0.3 is 0 Å². The SMILES string of the molecule is c1ccc(/C(=N\Nc2cnc3ccccc3n2)c2ccccn2)cc1. The molecule has 2 aromatic carbocycles. The van der Waals surface area contributed by atoms with Crippen LogP contribution in [0.5, 0.6) is 0 Å². The van der Waals surface area contributed by atoms with Gasteiger partial charge in [0.05, 0.1) is 22.9 Å². The van der Waals surface area contributed by atoms with E-state index in [1.54, 1.807) is 12.4 Å². The number of hydrogen-bond acceptors (Lipinski definition) is 5. The normalized spacial score (nSPS) is 11.4. The Morgan fingerprint density at radius 2 is 1.52 bits per heavy atom. The predicted molar refractivity (Wildman–Crippen MR) is 99.5 cm³/mol. The fourth-order valence-electron chi connectivity index (χ4n) is 2.49. The lowest BCUT2D eigenvalue weighted by atomic mass is 10.1. The Bertz CT molecular complexity index is 972. The number of fused-ring (bicyclic) bond motifs is 1. The summed E-state index contributed by atoms with van der Waals surface area (Å²) in [4.78, 5) is 13.3. The van der Waals surface area contributed by atoms with Crippen LogP contribution < -0.4 is 5.43 Å². The van der Waals surface area contributed by atoms with E-state index in [0.717, 1.165) is 28.0 Å². The molecule has 1 N–H and O–H groups in total. The molecule has 120 valence electrons. The van der Waals surface area contributed by atoms with Gasteiger partial charge in [-0.25, -0.2) is 4.98 Å². The van der Waals surface area contributed by atoms with Crippen molar-refractivity contribution in [2.45, 2.75) is 0 Å². The molecule has 25 heavy (non-hydrogen) atoms. The molecule has 0 fully saturated rings. The number of nitrogens with one attached hydrogen (secondary N) is 1. The number of rotatable bonds is 4. The lowest BCUT2D eigenvalue weighted by Gasteiger charge is -2.07. The van der Waals surface area contributed by atoms with Gasteiger partial charge in [0.2, 0.25) is 0 Å². The fraction of sp³-hybridized carbons (Fsp3) is 0. The molecule has 0 aliphatic carbocycles. The van der Waals surface area contributed by atoms with Gasteiger partial charge in [0.15, 0.2) is 5.82 Å². The predicted octanol–water partition coefficient (Wildman–Crippen LogP) is 3.89. The molecule has 2 heterocycles. The van der Waals surface area contributed by atoms with Gasteiger partial charge in [-0.1, -0.05) is 48.5 Å². The van der Waals surface area contributed by atoms with E-state index in [0.29, 0.717) is 5.82 Å². The van der Waals surface area contributed by atoms with Crippen molar-refractivity contribution in [1.82, 2.24) is 15.0 Å². The number of hydrazone groups is 1. The van der Waals surface area contributed by atoms with E-state index in [9.17, 15) is 0 Å². The zero-order valence-electron chi connectivity index (χ0n) is 13.4. The molecule has 4 rings (SSSR count). The second-order valence-corrected chi connectivity index (χ2v) is 5.40. The average molecular weight is 325 g/mol. The summed E-state index contributed by atoms with van der Waals surface area (Å²) in [6.45, 7) is 0. The van der Waals surface area contributed by atoms with Crippen LogP contribution in [0.15, 0.2) is 90.3 Å². The molecule has 5 nitrogen and oxygen atoms in total. The van der Waals surface area contributed by atoms with Crippen LogP contribution >= 0.6 is 0 Å². The van der Waals surface area contributed by atoms with E-state index in [1.165, 1.54) is 0 Å². The fourth-order valence-corrected chi connectivity index (χ4v) is 2.49. The van der Waals surface area contributed by atoms with Crippen LogP contribution in [0.2, 0.25) is 0 Å². The average Bonchev–Trinajstić information content (AvgIpc) is 2.70. The van der Waals surface area contributed by atoms with E-state index in [4.69, 9.17) is 0 Å². The minimum Gasteiger partial charge on any atom is -0.259 e. The molecule has 0 saturated carbocycles. The molecule has 0 amide bonds. The molecule has 5 heteroatoms. The number of para-hydroxylation sites is 2. The Morgan fingerprint density at radius 1 is 0.760 bits per heavy atom. The van der Waals surface area contributed by atoms with Gasteiger partial charge in [-0.3, -0.25) is 15.4 Å². The summed E-state index contributed by atoms with van der Waals surface area (Å²) in [5.74, 6) is 0.586. The van der Waals surface area contributed by atoms with Crippen molar-refractivity contribution in [3.63, 3.8) is 0 Å². The third-order valence-electron chi connectivity index (χ3n) is 3.69. The maximum Gasteiger partial charge on any atom is 0.165 e. The number of aromatic nitrogens is 3. The van der Waals surface area contributed by atoms with Gasteiger partial charge in [-0.15, -0.1) is 0 Å². The highest BCUT2D eigenvalue weighted by atomic mass is 15.3. The molecule has 0 spiro atoms. The van der Waals surface area contributed by atoms with E-state index >= 15 is 0 Å². The highest BCUT2D eigenvalue weighted by molar-refractivity contribution is 6.11. The number of hydrogen-bond donors (Lipinski definition) is 1. The highest BCUT2D eigenvalue weighted by Gasteiger charge is 2.08. The van der Waals surface area contributed by atoms with Gasteiger partial charge in [0.1, 0.15) is 5.71 Å². The second-order valence-electron chi connectivity index (χ2n) is 5.40. The molecular formula is C20H15N5. The topological polar surface area (TPSA) is 63.1 Å². The number of anilines is 1. The van der Waals surface area contributed by atoms with E-state index < -0.39 is 0 Å². The van der Waals surface area contributed by atoms with Crippen molar-refractivity contribution >= 4 is 22.6 Å². The number of benzene rings is 2. The van der Waals surface area contributed by atoms with E-state index in [1.807, 2.05) is 72.8 Å². The van der Waals surface area contributed by atoms with Crippen molar-refractivity contribution in [2.75, 3.05) is 5.43 Å². The Hall–Kier alpha value is -3.60. The van der Waals surface area contributed by atoms with Gasteiger partial charge in [-0.05, 0) is 24.3 Å². The Labute approximate surface area is 145 Å². The van der Waals surface area contributed by atoms with Gasteiger partial charge in [0, 0.05) is 11.8 Å². The maximum atomic E-state index is 4.54. The van der Waals surface area contributed by atoms with Crippen molar-refractivity contribution in [3.05, 3.63) is 96.4 Å². The monoisotopic (exact) mass is 325 g/mol. The summed E-state index contributed by atoms with van der Waals surface area (Å²) >= 11 is 0. The van der Waals surface area contributed by atoms with Crippen LogP contribution in [0.3, 0.4) is 0 Å². The first-order valence-corrected chi connectivity index (χ1v) is 7.92. The molecule has 0 aliphatic heterocycles. The first-order valence-electron chi connectivity index (χ1n) is 7.92. The van der Waals surface area contributed by atoms with Gasteiger partial charge in [0.25, 0.3) is 0 Å². The highest BCUT2D eigenvalue weighted by Crippen LogP contribution is 2.13. The Balaban J connectivity index is 1.71. The smallest absolute Gasteiger partial charge is 0.165 e. The first kappa shape index (κ1) is 15.0. The Kier molecular flexibility index (Phi) is 4.12. The standard InChI is InChI=1S/C20H15N5/c1-2-8-15(9-3-1)20(18-12-6-7-13-21-18)25-24-19-14-22-16-10-4-5-11-17(16)23-19/h1-14H,(H,23,24)/b25-20+. The van der Waals surface area contributed by atoms with E-state index in [2.05, 4.69) is 25.5 Å². The van der Waals surface area contributed by atoms with Crippen LogP contribution in [0.4, 0.5) is 5.82 Å². The summed E-state index contributed by atoms with van der Waals surface area (Å²) in [6.07, 6.45) is 3.43. The first-order chi connectivity index (χ1) is 12.4. The summed E-state index contributed by atoms with van der Waals surface area (Å²) in [7, 11) is 0. The summed E-state index contributed by atoms with van der Waals surface area (Å²) < 4.78 is 0. The number of pyridine rings is 1. The lowest BCUT2D eigenvalue weighted by molar-refractivity contribution is 1.20. The summed E-state index contributed by atoms with van der Waals surface area (Å²) in [5.41, 5.74) is 7.19. The van der Waals surface area contributed by atoms with E-state index in [-0.39, 0.29) is 0 Å². The zero-order valence-corrected chi connectivity index (χ0v) is 13.4. The number of nitrogens with zero attached hydrogens (tertiary/aromatic N) is 4. The molecule has 2 aromatic heterocycles. The molecular weight excluding hydrogens is 310 g/mol. The Morgan fingerprint density at radius 3 is 2.32 bits per heavy atom. The third-order valence-corrected chi connectivity index (χ3v) is 3.69. The quantitative estimate of drug-likeness (QED) is 0.457. The molecule has 0 atom stereocenters. The maximum absolute atomic E-state index is 4.54. The molecule has 0 bridgehead atoms.